The van der Waals surface area contributed by atoms with Crippen molar-refractivity contribution in [2.45, 2.75) is 32.7 Å². The number of aryl methyl sites for hydroxylation is 1. The maximum atomic E-state index is 13.8. The van der Waals surface area contributed by atoms with Crippen molar-refractivity contribution in [2.75, 3.05) is 29.0 Å². The Morgan fingerprint density at radius 3 is 2.70 bits per heavy atom. The van der Waals surface area contributed by atoms with Crippen molar-refractivity contribution in [2.24, 2.45) is 5.92 Å². The van der Waals surface area contributed by atoms with Gasteiger partial charge in [0.2, 0.25) is 10.0 Å². The summed E-state index contributed by atoms with van der Waals surface area (Å²) in [6.45, 7) is 4.96. The first-order chi connectivity index (χ1) is 22.3. The van der Waals surface area contributed by atoms with E-state index in [0.717, 1.165) is 16.7 Å². The fraction of sp³-hybridized carbons (Fsp3) is 0.281. The predicted molar refractivity (Wildman–Crippen MR) is 176 cm³/mol. The lowest BCUT2D eigenvalue weighted by Crippen LogP contribution is -2.29. The number of sulfonamides is 1. The molecule has 46 heavy (non-hydrogen) atoms. The number of aromatic amines is 1. The van der Waals surface area contributed by atoms with Gasteiger partial charge in [-0.3, -0.25) is 14.1 Å². The second-order valence-electron chi connectivity index (χ2n) is 11.5. The van der Waals surface area contributed by atoms with Crippen molar-refractivity contribution in [1.29, 1.82) is 0 Å². The smallest absolute Gasteiger partial charge is 0.282 e. The van der Waals surface area contributed by atoms with Crippen molar-refractivity contribution in [3.05, 3.63) is 95.2 Å². The maximum absolute atomic E-state index is 13.8. The Morgan fingerprint density at radius 1 is 1.09 bits per heavy atom. The molecule has 1 saturated heterocycles. The van der Waals surface area contributed by atoms with Gasteiger partial charge in [0.25, 0.3) is 5.56 Å². The number of pyridine rings is 1. The second-order valence-corrected chi connectivity index (χ2v) is 13.3. The number of hydrogen-bond acceptors (Lipinski definition) is 9. The Bertz CT molecular complexity index is 2200. The summed E-state index contributed by atoms with van der Waals surface area (Å²) in [6.07, 6.45) is 8.04. The molecule has 1 aliphatic rings. The van der Waals surface area contributed by atoms with Crippen LogP contribution in [0.25, 0.3) is 33.4 Å². The Kier molecular flexibility index (Phi) is 7.74. The molecule has 0 bridgehead atoms. The van der Waals surface area contributed by atoms with Crippen molar-refractivity contribution >= 4 is 38.2 Å². The average molecular weight is 640 g/mol. The summed E-state index contributed by atoms with van der Waals surface area (Å²) in [5.74, 6) is 1.31. The molecule has 236 valence electrons. The van der Waals surface area contributed by atoms with Gasteiger partial charge in [0.05, 0.1) is 22.9 Å². The van der Waals surface area contributed by atoms with E-state index in [1.165, 1.54) is 6.33 Å². The third-order valence-electron chi connectivity index (χ3n) is 8.27. The lowest BCUT2D eigenvalue weighted by Gasteiger charge is -2.21. The van der Waals surface area contributed by atoms with Crippen molar-refractivity contribution in [3.8, 4) is 16.8 Å². The number of para-hydroxylation sites is 1. The van der Waals surface area contributed by atoms with E-state index in [4.69, 9.17) is 9.84 Å². The molecule has 1 aromatic carbocycles. The number of benzene rings is 1. The molecule has 0 spiro atoms. The molecule has 0 radical (unpaired) electrons. The highest BCUT2D eigenvalue weighted by Gasteiger charge is 2.24. The first kappa shape index (κ1) is 29.6. The molecule has 0 aliphatic carbocycles. The van der Waals surface area contributed by atoms with E-state index < -0.39 is 16.1 Å². The van der Waals surface area contributed by atoms with Crippen LogP contribution in [0.15, 0.2) is 78.2 Å². The van der Waals surface area contributed by atoms with E-state index >= 15 is 0 Å². The maximum Gasteiger partial charge on any atom is 0.282 e. The second kappa shape index (κ2) is 12.0. The van der Waals surface area contributed by atoms with Crippen LogP contribution >= 0.6 is 0 Å². The molecule has 1 aliphatic heterocycles. The number of rotatable bonds is 9. The van der Waals surface area contributed by atoms with Gasteiger partial charge in [-0.2, -0.15) is 5.10 Å². The molecule has 6 aromatic rings. The van der Waals surface area contributed by atoms with E-state index in [2.05, 4.69) is 30.0 Å². The minimum atomic E-state index is -3.61. The van der Waals surface area contributed by atoms with Gasteiger partial charge in [-0.25, -0.2) is 27.9 Å². The highest BCUT2D eigenvalue weighted by atomic mass is 32.2. The number of H-pyrrole nitrogens is 1. The number of nitrogens with zero attached hydrogens (tertiary/aromatic N) is 6. The van der Waals surface area contributed by atoms with E-state index in [-0.39, 0.29) is 23.0 Å². The zero-order valence-corrected chi connectivity index (χ0v) is 26.2. The van der Waals surface area contributed by atoms with Crippen LogP contribution in [0.2, 0.25) is 0 Å². The van der Waals surface area contributed by atoms with Crippen molar-refractivity contribution < 1.29 is 13.2 Å². The van der Waals surface area contributed by atoms with Crippen LogP contribution in [0.5, 0.6) is 0 Å². The molecule has 14 heteroatoms. The number of nitrogens with one attached hydrogen (secondary N) is 3. The monoisotopic (exact) mass is 639 g/mol. The Balaban J connectivity index is 1.23. The topological polar surface area (TPSA) is 161 Å². The summed E-state index contributed by atoms with van der Waals surface area (Å²) in [5, 5.41) is 9.01. The molecule has 7 rings (SSSR count). The zero-order valence-electron chi connectivity index (χ0n) is 25.3. The molecular weight excluding hydrogens is 606 g/mol. The third kappa shape index (κ3) is 5.72. The van der Waals surface area contributed by atoms with Crippen LogP contribution in [0, 0.1) is 12.8 Å². The summed E-state index contributed by atoms with van der Waals surface area (Å²) in [6, 6.07) is 14.3. The highest BCUT2D eigenvalue weighted by Crippen LogP contribution is 2.34. The fourth-order valence-corrected chi connectivity index (χ4v) is 7.45. The fourth-order valence-electron chi connectivity index (χ4n) is 5.99. The molecule has 6 heterocycles. The van der Waals surface area contributed by atoms with E-state index in [1.807, 2.05) is 50.2 Å². The molecule has 13 nitrogen and oxygen atoms in total. The Hall–Kier alpha value is -5.08. The number of fused-ring (bicyclic) bond motifs is 2. The number of hydrogen-bond donors (Lipinski definition) is 3. The minimum absolute atomic E-state index is 0.0195. The van der Waals surface area contributed by atoms with Gasteiger partial charge in [-0.1, -0.05) is 18.2 Å². The molecule has 0 amide bonds. The quantitative estimate of drug-likeness (QED) is 0.207. The first-order valence-electron chi connectivity index (χ1n) is 15.1. The van der Waals surface area contributed by atoms with Crippen LogP contribution < -0.4 is 15.6 Å². The van der Waals surface area contributed by atoms with Gasteiger partial charge in [0.15, 0.2) is 5.82 Å². The molecule has 1 fully saturated rings. The molecule has 5 aromatic heterocycles. The van der Waals surface area contributed by atoms with Gasteiger partial charge in [0.1, 0.15) is 29.1 Å². The summed E-state index contributed by atoms with van der Waals surface area (Å²) >= 11 is 0. The average Bonchev–Trinajstić information content (AvgIpc) is 3.66. The molecule has 3 N–H and O–H groups in total. The van der Waals surface area contributed by atoms with Crippen molar-refractivity contribution in [1.82, 2.24) is 34.1 Å². The number of aromatic nitrogens is 7. The van der Waals surface area contributed by atoms with E-state index in [0.29, 0.717) is 59.9 Å². The third-order valence-corrected chi connectivity index (χ3v) is 9.70. The van der Waals surface area contributed by atoms with Gasteiger partial charge in [-0.05, 0) is 74.1 Å². The van der Waals surface area contributed by atoms with Crippen LogP contribution in [0.1, 0.15) is 37.2 Å². The first-order valence-corrected chi connectivity index (χ1v) is 16.7. The minimum Gasteiger partial charge on any atom is -0.381 e. The molecule has 1 unspecified atom stereocenters. The SMILES string of the molecule is Cc1ccn2nc(C(C)Nc3ncnc4[nH]cc(-c5ccnc(NS(=O)(=O)CC6CCOCC6)c5)c34)n(-c3ccccc3)c(=O)c12. The molecular formula is C32H33N9O4S. The van der Waals surface area contributed by atoms with E-state index in [1.54, 1.807) is 39.8 Å². The van der Waals surface area contributed by atoms with E-state index in [9.17, 15) is 13.2 Å². The Morgan fingerprint density at radius 2 is 1.89 bits per heavy atom. The zero-order chi connectivity index (χ0) is 31.8. The standard InChI is InChI=1S/C32H33N9O4S/c1-20-9-13-40-28(20)32(42)41(24-6-4-3-5-7-24)31(38-40)21(2)37-30-27-25(17-34-29(27)35-19-36-30)23-8-12-33-26(16-23)39-46(43,44)18-22-10-14-45-15-11-22/h3-9,12-13,16-17,19,21-22H,10-11,14-15,18H2,1-2H3,(H,33,39)(H2,34,35,36,37). The summed E-state index contributed by atoms with van der Waals surface area (Å²) < 4.78 is 37.2. The van der Waals surface area contributed by atoms with Crippen LogP contribution in [0.3, 0.4) is 0 Å². The van der Waals surface area contributed by atoms with Crippen LogP contribution in [-0.2, 0) is 14.8 Å². The van der Waals surface area contributed by atoms with Crippen molar-refractivity contribution in [3.63, 3.8) is 0 Å². The Labute approximate surface area is 264 Å². The summed E-state index contributed by atoms with van der Waals surface area (Å²) in [5.41, 5.74) is 3.93. The normalized spacial score (nSPS) is 14.9. The predicted octanol–water partition coefficient (Wildman–Crippen LogP) is 4.47. The highest BCUT2D eigenvalue weighted by molar-refractivity contribution is 7.92. The van der Waals surface area contributed by atoms with Crippen LogP contribution in [-0.4, -0.2) is 61.5 Å². The number of anilines is 2. The van der Waals surface area contributed by atoms with Gasteiger partial charge in [-0.15, -0.1) is 0 Å². The van der Waals surface area contributed by atoms with Gasteiger partial charge >= 0.3 is 0 Å². The summed E-state index contributed by atoms with van der Waals surface area (Å²) in [7, 11) is -3.61. The number of ether oxygens (including phenoxy) is 1. The van der Waals surface area contributed by atoms with Crippen LogP contribution in [0.4, 0.5) is 11.6 Å². The van der Waals surface area contributed by atoms with Gasteiger partial charge in [0, 0.05) is 37.4 Å². The molecule has 0 saturated carbocycles. The largest absolute Gasteiger partial charge is 0.381 e. The lowest BCUT2D eigenvalue weighted by molar-refractivity contribution is 0.0724. The van der Waals surface area contributed by atoms with Gasteiger partial charge < -0.3 is 15.0 Å². The lowest BCUT2D eigenvalue weighted by atomic mass is 10.0. The molecule has 1 atom stereocenters. The summed E-state index contributed by atoms with van der Waals surface area (Å²) in [4.78, 5) is 30.3.